The van der Waals surface area contributed by atoms with E-state index in [9.17, 15) is 5.11 Å². The highest BCUT2D eigenvalue weighted by atomic mass is 32.1. The van der Waals surface area contributed by atoms with Crippen LogP contribution in [-0.4, -0.2) is 16.6 Å². The number of phenolic OH excluding ortho intramolecular Hbond substituents is 1. The Labute approximate surface area is 90.0 Å². The summed E-state index contributed by atoms with van der Waals surface area (Å²) in [6, 6.07) is 3.53. The van der Waals surface area contributed by atoms with Crippen molar-refractivity contribution in [2.24, 2.45) is 0 Å². The molecule has 0 saturated heterocycles. The van der Waals surface area contributed by atoms with Gasteiger partial charge in [0.2, 0.25) is 0 Å². The zero-order chi connectivity index (χ0) is 10.7. The lowest BCUT2D eigenvalue weighted by atomic mass is 10.0. The monoisotopic (exact) mass is 209 g/mol. The zero-order valence-corrected chi connectivity index (χ0v) is 9.53. The Bertz CT molecular complexity index is 361. The van der Waals surface area contributed by atoms with Gasteiger partial charge in [-0.15, -0.1) is 0 Å². The molecule has 1 aromatic rings. The first-order valence-corrected chi connectivity index (χ1v) is 5.06. The van der Waals surface area contributed by atoms with Gasteiger partial charge >= 0.3 is 0 Å². The van der Waals surface area contributed by atoms with E-state index in [1.807, 2.05) is 26.8 Å². The average Bonchev–Trinajstić information content (AvgIpc) is 2.15. The van der Waals surface area contributed by atoms with Crippen LogP contribution >= 0.6 is 12.2 Å². The first kappa shape index (κ1) is 11.0. The summed E-state index contributed by atoms with van der Waals surface area (Å²) in [4.78, 5) is 0.744. The summed E-state index contributed by atoms with van der Waals surface area (Å²) in [5.74, 6) is 0.325. The largest absolute Gasteiger partial charge is 0.508 e. The second-order valence-electron chi connectivity index (χ2n) is 3.24. The second-order valence-corrected chi connectivity index (χ2v) is 3.65. The van der Waals surface area contributed by atoms with E-state index in [1.54, 1.807) is 6.07 Å². The van der Waals surface area contributed by atoms with E-state index in [-0.39, 0.29) is 0 Å². The molecule has 1 aromatic carbocycles. The molecular formula is C11H15NOS. The Balaban J connectivity index is 3.11. The smallest absolute Gasteiger partial charge is 0.118 e. The number of thiocarbonyl (C=S) groups is 1. The Hall–Kier alpha value is -1.09. The Morgan fingerprint density at radius 1 is 1.36 bits per heavy atom. The molecule has 0 saturated carbocycles. The maximum absolute atomic E-state index is 9.47. The maximum Gasteiger partial charge on any atom is 0.118 e. The molecule has 2 N–H and O–H groups in total. The Morgan fingerprint density at radius 2 is 2.00 bits per heavy atom. The molecule has 14 heavy (non-hydrogen) atoms. The third-order valence-electron chi connectivity index (χ3n) is 2.34. The van der Waals surface area contributed by atoms with Gasteiger partial charge in [-0.05, 0) is 44.0 Å². The van der Waals surface area contributed by atoms with Crippen LogP contribution in [0.15, 0.2) is 12.1 Å². The molecule has 0 heterocycles. The highest BCUT2D eigenvalue weighted by Gasteiger charge is 2.08. The number of phenols is 1. The first-order chi connectivity index (χ1) is 6.57. The van der Waals surface area contributed by atoms with Gasteiger partial charge in [0.25, 0.3) is 0 Å². The maximum atomic E-state index is 9.47. The number of rotatable bonds is 2. The highest BCUT2D eigenvalue weighted by molar-refractivity contribution is 7.80. The van der Waals surface area contributed by atoms with E-state index in [0.717, 1.165) is 28.2 Å². The molecule has 0 amide bonds. The van der Waals surface area contributed by atoms with Crippen LogP contribution in [0.5, 0.6) is 5.75 Å². The number of hydrogen-bond acceptors (Lipinski definition) is 2. The van der Waals surface area contributed by atoms with Crippen LogP contribution in [0.3, 0.4) is 0 Å². The van der Waals surface area contributed by atoms with E-state index in [0.29, 0.717) is 5.75 Å². The molecule has 0 aliphatic carbocycles. The molecule has 76 valence electrons. The summed E-state index contributed by atoms with van der Waals surface area (Å²) in [5.41, 5.74) is 2.93. The van der Waals surface area contributed by atoms with Crippen LogP contribution in [0.1, 0.15) is 23.6 Å². The molecule has 0 spiro atoms. The van der Waals surface area contributed by atoms with Gasteiger partial charge in [0.15, 0.2) is 0 Å². The van der Waals surface area contributed by atoms with Crippen molar-refractivity contribution in [3.63, 3.8) is 0 Å². The Kier molecular flexibility index (Phi) is 3.47. The van der Waals surface area contributed by atoms with Crippen molar-refractivity contribution in [2.75, 3.05) is 6.54 Å². The van der Waals surface area contributed by atoms with Crippen molar-refractivity contribution < 1.29 is 5.11 Å². The molecular weight excluding hydrogens is 194 g/mol. The molecule has 2 nitrogen and oxygen atoms in total. The van der Waals surface area contributed by atoms with E-state index < -0.39 is 0 Å². The average molecular weight is 209 g/mol. The van der Waals surface area contributed by atoms with Gasteiger partial charge in [0, 0.05) is 12.1 Å². The van der Waals surface area contributed by atoms with Gasteiger partial charge in [-0.25, -0.2) is 0 Å². The van der Waals surface area contributed by atoms with Crippen LogP contribution in [0.25, 0.3) is 0 Å². The van der Waals surface area contributed by atoms with Gasteiger partial charge in [-0.2, -0.15) is 0 Å². The van der Waals surface area contributed by atoms with E-state index in [1.165, 1.54) is 0 Å². The fraction of sp³-hybridized carbons (Fsp3) is 0.364. The van der Waals surface area contributed by atoms with Gasteiger partial charge in [-0.3, -0.25) is 0 Å². The molecule has 1 rings (SSSR count). The van der Waals surface area contributed by atoms with Crippen LogP contribution in [0.2, 0.25) is 0 Å². The first-order valence-electron chi connectivity index (χ1n) is 4.65. The number of benzene rings is 1. The minimum atomic E-state index is 0.325. The summed E-state index contributed by atoms with van der Waals surface area (Å²) in [5, 5.41) is 12.6. The number of nitrogens with one attached hydrogen (secondary N) is 1. The SMILES string of the molecule is CCNC(=S)c1ccc(O)c(C)c1C. The standard InChI is InChI=1S/C11H15NOS/c1-4-12-11(14)9-5-6-10(13)8(3)7(9)2/h5-6,13H,4H2,1-3H3,(H,12,14). The second kappa shape index (κ2) is 4.42. The molecule has 0 aromatic heterocycles. The summed E-state index contributed by atoms with van der Waals surface area (Å²) in [6.45, 7) is 6.68. The molecule has 0 atom stereocenters. The van der Waals surface area contributed by atoms with Crippen LogP contribution in [0.4, 0.5) is 0 Å². The Morgan fingerprint density at radius 3 is 2.57 bits per heavy atom. The minimum Gasteiger partial charge on any atom is -0.508 e. The van der Waals surface area contributed by atoms with Crippen molar-refractivity contribution >= 4 is 17.2 Å². The lowest BCUT2D eigenvalue weighted by molar-refractivity contribution is 0.470. The van der Waals surface area contributed by atoms with Crippen LogP contribution in [0, 0.1) is 13.8 Å². The topological polar surface area (TPSA) is 32.3 Å². The molecule has 0 unspecified atom stereocenters. The lowest BCUT2D eigenvalue weighted by Gasteiger charge is -2.11. The van der Waals surface area contributed by atoms with Crippen molar-refractivity contribution in [1.82, 2.24) is 5.32 Å². The fourth-order valence-electron chi connectivity index (χ4n) is 1.31. The zero-order valence-electron chi connectivity index (χ0n) is 8.72. The number of aromatic hydroxyl groups is 1. The molecule has 0 bridgehead atoms. The molecule has 0 aliphatic rings. The quantitative estimate of drug-likeness (QED) is 0.733. The highest BCUT2D eigenvalue weighted by Crippen LogP contribution is 2.22. The lowest BCUT2D eigenvalue weighted by Crippen LogP contribution is -2.22. The molecule has 0 radical (unpaired) electrons. The third-order valence-corrected chi connectivity index (χ3v) is 2.70. The van der Waals surface area contributed by atoms with Crippen molar-refractivity contribution in [2.45, 2.75) is 20.8 Å². The van der Waals surface area contributed by atoms with Crippen LogP contribution < -0.4 is 5.32 Å². The summed E-state index contributed by atoms with van der Waals surface area (Å²) < 4.78 is 0. The predicted octanol–water partition coefficient (Wildman–Crippen LogP) is 2.29. The van der Waals surface area contributed by atoms with Crippen molar-refractivity contribution in [1.29, 1.82) is 0 Å². The summed E-state index contributed by atoms with van der Waals surface area (Å²) in [6.07, 6.45) is 0. The van der Waals surface area contributed by atoms with Gasteiger partial charge < -0.3 is 10.4 Å². The molecule has 3 heteroatoms. The molecule has 0 aliphatic heterocycles. The predicted molar refractivity (Wildman–Crippen MR) is 63.0 cm³/mol. The fourth-order valence-corrected chi connectivity index (χ4v) is 1.67. The van der Waals surface area contributed by atoms with Gasteiger partial charge in [0.1, 0.15) is 10.7 Å². The van der Waals surface area contributed by atoms with E-state index >= 15 is 0 Å². The third kappa shape index (κ3) is 2.04. The van der Waals surface area contributed by atoms with E-state index in [4.69, 9.17) is 12.2 Å². The summed E-state index contributed by atoms with van der Waals surface area (Å²) >= 11 is 5.22. The van der Waals surface area contributed by atoms with E-state index in [2.05, 4.69) is 5.32 Å². The normalized spacial score (nSPS) is 9.93. The van der Waals surface area contributed by atoms with Crippen molar-refractivity contribution in [3.8, 4) is 5.75 Å². The van der Waals surface area contributed by atoms with Crippen LogP contribution in [-0.2, 0) is 0 Å². The summed E-state index contributed by atoms with van der Waals surface area (Å²) in [7, 11) is 0. The van der Waals surface area contributed by atoms with Gasteiger partial charge in [-0.1, -0.05) is 12.2 Å². The van der Waals surface area contributed by atoms with Gasteiger partial charge in [0.05, 0.1) is 0 Å². The minimum absolute atomic E-state index is 0.325. The van der Waals surface area contributed by atoms with Crippen molar-refractivity contribution in [3.05, 3.63) is 28.8 Å². The molecule has 0 fully saturated rings. The number of hydrogen-bond donors (Lipinski definition) is 2.